The summed E-state index contributed by atoms with van der Waals surface area (Å²) >= 11 is 0. The van der Waals surface area contributed by atoms with Crippen LogP contribution in [0.2, 0.25) is 0 Å². The van der Waals surface area contributed by atoms with Crippen LogP contribution in [0.1, 0.15) is 18.5 Å². The fourth-order valence-corrected chi connectivity index (χ4v) is 1.98. The van der Waals surface area contributed by atoms with Gasteiger partial charge in [0, 0.05) is 31.8 Å². The third kappa shape index (κ3) is 3.14. The third-order valence-corrected chi connectivity index (χ3v) is 3.57. The normalized spacial score (nSPS) is 12.5. The van der Waals surface area contributed by atoms with Crippen molar-refractivity contribution in [2.24, 2.45) is 0 Å². The molecular formula is C16H22N4. The Bertz CT molecular complexity index is 561. The number of anilines is 1. The second-order valence-electron chi connectivity index (χ2n) is 5.42. The van der Waals surface area contributed by atoms with Crippen LogP contribution in [0.25, 0.3) is 11.3 Å². The maximum atomic E-state index is 4.35. The molecule has 0 bridgehead atoms. The number of nitrogens with zero attached hydrogens (tertiary/aromatic N) is 4. The number of hydrogen-bond donors (Lipinski definition) is 0. The Kier molecular flexibility index (Phi) is 4.35. The molecule has 0 radical (unpaired) electrons. The van der Waals surface area contributed by atoms with E-state index in [-0.39, 0.29) is 0 Å². The van der Waals surface area contributed by atoms with Crippen LogP contribution in [-0.2, 0) is 0 Å². The molecule has 0 unspecified atom stereocenters. The van der Waals surface area contributed by atoms with E-state index in [4.69, 9.17) is 0 Å². The molecule has 0 spiro atoms. The largest absolute Gasteiger partial charge is 0.363 e. The highest BCUT2D eigenvalue weighted by molar-refractivity contribution is 5.62. The topological polar surface area (TPSA) is 32.3 Å². The van der Waals surface area contributed by atoms with Gasteiger partial charge in [-0.25, -0.2) is 9.97 Å². The number of rotatable bonds is 4. The van der Waals surface area contributed by atoms with Gasteiger partial charge in [0.05, 0.1) is 5.69 Å². The van der Waals surface area contributed by atoms with Crippen LogP contribution in [0.5, 0.6) is 0 Å². The quantitative estimate of drug-likeness (QED) is 0.855. The summed E-state index contributed by atoms with van der Waals surface area (Å²) in [6, 6.07) is 11.0. The van der Waals surface area contributed by atoms with Crippen LogP contribution >= 0.6 is 0 Å². The molecule has 1 aromatic carbocycles. The van der Waals surface area contributed by atoms with Crippen molar-refractivity contribution in [2.75, 3.05) is 33.1 Å². The molecule has 4 nitrogen and oxygen atoms in total. The second-order valence-corrected chi connectivity index (χ2v) is 5.42. The SMILES string of the molecule is C[C@@H](c1ccc(-c2cc(N(C)C)ncn2)cc1)N(C)C. The Morgan fingerprint density at radius 2 is 1.60 bits per heavy atom. The van der Waals surface area contributed by atoms with Crippen molar-refractivity contribution in [1.29, 1.82) is 0 Å². The second kappa shape index (κ2) is 6.01. The minimum Gasteiger partial charge on any atom is -0.363 e. The molecule has 1 atom stereocenters. The molecule has 2 aromatic rings. The summed E-state index contributed by atoms with van der Waals surface area (Å²) in [6.45, 7) is 2.20. The van der Waals surface area contributed by atoms with Gasteiger partial charge in [-0.1, -0.05) is 24.3 Å². The zero-order chi connectivity index (χ0) is 14.7. The van der Waals surface area contributed by atoms with E-state index in [9.17, 15) is 0 Å². The van der Waals surface area contributed by atoms with Gasteiger partial charge in [-0.15, -0.1) is 0 Å². The Morgan fingerprint density at radius 1 is 0.950 bits per heavy atom. The van der Waals surface area contributed by atoms with Crippen LogP contribution in [0.3, 0.4) is 0 Å². The molecular weight excluding hydrogens is 248 g/mol. The predicted molar refractivity (Wildman–Crippen MR) is 83.9 cm³/mol. The smallest absolute Gasteiger partial charge is 0.132 e. The lowest BCUT2D eigenvalue weighted by Crippen LogP contribution is -2.16. The highest BCUT2D eigenvalue weighted by Crippen LogP contribution is 2.23. The molecule has 1 aromatic heterocycles. The van der Waals surface area contributed by atoms with Crippen LogP contribution < -0.4 is 4.90 Å². The molecule has 20 heavy (non-hydrogen) atoms. The van der Waals surface area contributed by atoms with Gasteiger partial charge in [-0.2, -0.15) is 0 Å². The highest BCUT2D eigenvalue weighted by Gasteiger charge is 2.08. The van der Waals surface area contributed by atoms with E-state index in [1.54, 1.807) is 6.33 Å². The van der Waals surface area contributed by atoms with Crippen molar-refractivity contribution in [3.63, 3.8) is 0 Å². The molecule has 1 heterocycles. The lowest BCUT2D eigenvalue weighted by molar-refractivity contribution is 0.321. The van der Waals surface area contributed by atoms with Crippen molar-refractivity contribution in [1.82, 2.24) is 14.9 Å². The summed E-state index contributed by atoms with van der Waals surface area (Å²) in [5.74, 6) is 0.917. The number of hydrogen-bond acceptors (Lipinski definition) is 4. The molecule has 0 aliphatic rings. The van der Waals surface area contributed by atoms with Gasteiger partial charge in [-0.05, 0) is 26.6 Å². The zero-order valence-electron chi connectivity index (χ0n) is 12.8. The molecule has 0 fully saturated rings. The molecule has 0 saturated carbocycles. The number of aromatic nitrogens is 2. The predicted octanol–water partition coefficient (Wildman–Crippen LogP) is 2.83. The van der Waals surface area contributed by atoms with Crippen molar-refractivity contribution in [3.8, 4) is 11.3 Å². The van der Waals surface area contributed by atoms with Crippen molar-refractivity contribution in [3.05, 3.63) is 42.2 Å². The summed E-state index contributed by atoms with van der Waals surface area (Å²) < 4.78 is 0. The molecule has 0 aliphatic carbocycles. The van der Waals surface area contributed by atoms with E-state index in [1.165, 1.54) is 5.56 Å². The first-order valence-electron chi connectivity index (χ1n) is 6.75. The average Bonchev–Trinajstić information content (AvgIpc) is 2.46. The molecule has 2 rings (SSSR count). The van der Waals surface area contributed by atoms with Gasteiger partial charge in [0.2, 0.25) is 0 Å². The van der Waals surface area contributed by atoms with E-state index < -0.39 is 0 Å². The van der Waals surface area contributed by atoms with E-state index in [0.717, 1.165) is 17.1 Å². The Labute approximate surface area is 121 Å². The van der Waals surface area contributed by atoms with E-state index >= 15 is 0 Å². The van der Waals surface area contributed by atoms with E-state index in [0.29, 0.717) is 6.04 Å². The van der Waals surface area contributed by atoms with Crippen molar-refractivity contribution < 1.29 is 0 Å². The van der Waals surface area contributed by atoms with Crippen LogP contribution in [0.15, 0.2) is 36.7 Å². The average molecular weight is 270 g/mol. The monoisotopic (exact) mass is 270 g/mol. The minimum absolute atomic E-state index is 0.409. The van der Waals surface area contributed by atoms with Gasteiger partial charge in [0.1, 0.15) is 12.1 Å². The summed E-state index contributed by atoms with van der Waals surface area (Å²) in [7, 11) is 8.14. The fourth-order valence-electron chi connectivity index (χ4n) is 1.98. The van der Waals surface area contributed by atoms with Crippen LogP contribution in [-0.4, -0.2) is 43.1 Å². The van der Waals surface area contributed by atoms with Gasteiger partial charge in [0.15, 0.2) is 0 Å². The molecule has 106 valence electrons. The Morgan fingerprint density at radius 3 is 2.15 bits per heavy atom. The standard InChI is InChI=1S/C16H22N4/c1-12(19(2)3)13-6-8-14(9-7-13)15-10-16(20(4)5)18-11-17-15/h6-12H,1-5H3/t12-/m0/s1. The molecule has 0 saturated heterocycles. The fraction of sp³-hybridized carbons (Fsp3) is 0.375. The maximum Gasteiger partial charge on any atom is 0.132 e. The van der Waals surface area contributed by atoms with Crippen LogP contribution in [0.4, 0.5) is 5.82 Å². The highest BCUT2D eigenvalue weighted by atomic mass is 15.1. The maximum absolute atomic E-state index is 4.35. The molecule has 4 heteroatoms. The first-order valence-corrected chi connectivity index (χ1v) is 6.75. The van der Waals surface area contributed by atoms with Gasteiger partial charge in [0.25, 0.3) is 0 Å². The van der Waals surface area contributed by atoms with Gasteiger partial charge < -0.3 is 9.80 Å². The Balaban J connectivity index is 2.28. The van der Waals surface area contributed by atoms with E-state index in [2.05, 4.69) is 60.2 Å². The van der Waals surface area contributed by atoms with Crippen molar-refractivity contribution in [2.45, 2.75) is 13.0 Å². The zero-order valence-corrected chi connectivity index (χ0v) is 12.8. The summed E-state index contributed by atoms with van der Waals surface area (Å²) in [4.78, 5) is 12.8. The van der Waals surface area contributed by atoms with Gasteiger partial charge in [-0.3, -0.25) is 0 Å². The Hall–Kier alpha value is -1.94. The lowest BCUT2D eigenvalue weighted by Gasteiger charge is -2.20. The first-order chi connectivity index (χ1) is 9.49. The van der Waals surface area contributed by atoms with E-state index in [1.807, 2.05) is 25.1 Å². The molecule has 0 N–H and O–H groups in total. The van der Waals surface area contributed by atoms with Gasteiger partial charge >= 0.3 is 0 Å². The number of benzene rings is 1. The van der Waals surface area contributed by atoms with Crippen molar-refractivity contribution >= 4 is 5.82 Å². The summed E-state index contributed by atoms with van der Waals surface area (Å²) in [6.07, 6.45) is 1.61. The molecule has 0 amide bonds. The summed E-state index contributed by atoms with van der Waals surface area (Å²) in [5.41, 5.74) is 3.37. The minimum atomic E-state index is 0.409. The molecule has 0 aliphatic heterocycles. The third-order valence-electron chi connectivity index (χ3n) is 3.57. The van der Waals surface area contributed by atoms with Crippen LogP contribution in [0, 0.1) is 0 Å². The lowest BCUT2D eigenvalue weighted by atomic mass is 10.0. The summed E-state index contributed by atoms with van der Waals surface area (Å²) in [5, 5.41) is 0. The first kappa shape index (κ1) is 14.5.